The van der Waals surface area contributed by atoms with Crippen LogP contribution in [0.15, 0.2) is 60.0 Å². The molecule has 0 spiro atoms. The normalized spacial score (nSPS) is 10.7. The van der Waals surface area contributed by atoms with Crippen LogP contribution in [-0.4, -0.2) is 23.6 Å². The molecular formula is C25H26ClNO4S. The zero-order valence-corrected chi connectivity index (χ0v) is 19.3. The van der Waals surface area contributed by atoms with Crippen LogP contribution in [0.5, 0.6) is 5.75 Å². The minimum absolute atomic E-state index is 0.0290. The molecule has 168 valence electrons. The van der Waals surface area contributed by atoms with E-state index in [0.717, 1.165) is 30.6 Å². The smallest absolute Gasteiger partial charge is 0.337 e. The van der Waals surface area contributed by atoms with E-state index < -0.39 is 5.97 Å². The van der Waals surface area contributed by atoms with Crippen molar-refractivity contribution >= 4 is 40.5 Å². The number of halogens is 1. The van der Waals surface area contributed by atoms with Crippen molar-refractivity contribution in [2.24, 2.45) is 0 Å². The molecule has 3 rings (SSSR count). The number of hydrogen-bond acceptors (Lipinski definition) is 4. The minimum Gasteiger partial charge on any atom is -0.494 e. The molecule has 5 nitrogen and oxygen atoms in total. The van der Waals surface area contributed by atoms with E-state index in [1.165, 1.54) is 17.4 Å². The fraction of sp³-hybridized carbons (Fsp3) is 0.280. The highest BCUT2D eigenvalue weighted by Gasteiger charge is 2.13. The third-order valence-corrected chi connectivity index (χ3v) is 6.33. The van der Waals surface area contributed by atoms with E-state index in [0.29, 0.717) is 18.7 Å². The Bertz CT molecular complexity index is 1020. The molecule has 1 aromatic heterocycles. The molecule has 0 aliphatic rings. The van der Waals surface area contributed by atoms with E-state index in [1.54, 1.807) is 12.1 Å². The predicted octanol–water partition coefficient (Wildman–Crippen LogP) is 6.46. The Morgan fingerprint density at radius 1 is 0.969 bits per heavy atom. The Morgan fingerprint density at radius 2 is 1.78 bits per heavy atom. The molecule has 32 heavy (non-hydrogen) atoms. The third kappa shape index (κ3) is 7.39. The van der Waals surface area contributed by atoms with Crippen LogP contribution in [0.1, 0.15) is 46.5 Å². The lowest BCUT2D eigenvalue weighted by Gasteiger charge is -2.10. The average Bonchev–Trinajstić information content (AvgIpc) is 3.30. The standard InChI is InChI=1S/C25H26ClNO4S/c26-24-21(25(29)30)8-4-9-22(24)27-23(28)15-12-18-10-13-19(14-11-18)31-16-3-1-2-6-20-7-5-17-32-20/h4-5,7-11,13-14,17H,1-3,6,12,15-16H2,(H,27,28)(H,29,30). The molecule has 0 unspecified atom stereocenters. The summed E-state index contributed by atoms with van der Waals surface area (Å²) in [5, 5.41) is 13.9. The topological polar surface area (TPSA) is 75.6 Å². The van der Waals surface area contributed by atoms with E-state index in [4.69, 9.17) is 21.4 Å². The van der Waals surface area contributed by atoms with Crippen molar-refractivity contribution in [1.29, 1.82) is 0 Å². The van der Waals surface area contributed by atoms with Gasteiger partial charge in [0.15, 0.2) is 0 Å². The number of ether oxygens (including phenoxy) is 1. The number of hydrogen-bond donors (Lipinski definition) is 2. The van der Waals surface area contributed by atoms with Gasteiger partial charge in [0.1, 0.15) is 5.75 Å². The first-order valence-electron chi connectivity index (χ1n) is 10.6. The summed E-state index contributed by atoms with van der Waals surface area (Å²) in [6.45, 7) is 0.697. The number of rotatable bonds is 12. The highest BCUT2D eigenvalue weighted by atomic mass is 35.5. The number of aryl methyl sites for hydroxylation is 2. The number of carbonyl (C=O) groups is 2. The summed E-state index contributed by atoms with van der Waals surface area (Å²) < 4.78 is 5.81. The summed E-state index contributed by atoms with van der Waals surface area (Å²) in [4.78, 5) is 24.8. The quantitative estimate of drug-likeness (QED) is 0.297. The number of benzene rings is 2. The number of thiophene rings is 1. The van der Waals surface area contributed by atoms with Crippen molar-refractivity contribution in [3.63, 3.8) is 0 Å². The average molecular weight is 472 g/mol. The lowest BCUT2D eigenvalue weighted by Crippen LogP contribution is -2.13. The first-order chi connectivity index (χ1) is 15.5. The van der Waals surface area contributed by atoms with E-state index in [2.05, 4.69) is 22.8 Å². The lowest BCUT2D eigenvalue weighted by molar-refractivity contribution is -0.116. The van der Waals surface area contributed by atoms with Crippen molar-refractivity contribution in [1.82, 2.24) is 0 Å². The Balaban J connectivity index is 1.36. The summed E-state index contributed by atoms with van der Waals surface area (Å²) in [6.07, 6.45) is 5.31. The summed E-state index contributed by atoms with van der Waals surface area (Å²) in [6, 6.07) is 16.6. The van der Waals surface area contributed by atoms with Gasteiger partial charge in [-0.05, 0) is 73.4 Å². The molecule has 1 heterocycles. The highest BCUT2D eigenvalue weighted by molar-refractivity contribution is 7.09. The van der Waals surface area contributed by atoms with Crippen LogP contribution in [0, 0.1) is 0 Å². The van der Waals surface area contributed by atoms with Gasteiger partial charge in [-0.1, -0.05) is 35.9 Å². The van der Waals surface area contributed by atoms with Gasteiger partial charge in [0.2, 0.25) is 5.91 Å². The predicted molar refractivity (Wildman–Crippen MR) is 129 cm³/mol. The van der Waals surface area contributed by atoms with Crippen LogP contribution in [-0.2, 0) is 17.6 Å². The second kappa shape index (κ2) is 12.3. The molecule has 0 atom stereocenters. The maximum atomic E-state index is 12.2. The van der Waals surface area contributed by atoms with Gasteiger partial charge in [-0.3, -0.25) is 4.79 Å². The molecule has 7 heteroatoms. The summed E-state index contributed by atoms with van der Waals surface area (Å²) in [5.74, 6) is -0.530. The van der Waals surface area contributed by atoms with Gasteiger partial charge in [0, 0.05) is 11.3 Å². The van der Waals surface area contributed by atoms with Gasteiger partial charge >= 0.3 is 5.97 Å². The van der Waals surface area contributed by atoms with Crippen LogP contribution in [0.3, 0.4) is 0 Å². The van der Waals surface area contributed by atoms with Gasteiger partial charge in [0.05, 0.1) is 22.9 Å². The molecule has 2 aromatic carbocycles. The van der Waals surface area contributed by atoms with Crippen LogP contribution in [0.25, 0.3) is 0 Å². The van der Waals surface area contributed by atoms with Gasteiger partial charge in [0.25, 0.3) is 0 Å². The number of unbranched alkanes of at least 4 members (excludes halogenated alkanes) is 2. The number of amides is 1. The molecule has 1 amide bonds. The maximum absolute atomic E-state index is 12.2. The van der Waals surface area contributed by atoms with E-state index in [9.17, 15) is 9.59 Å². The Kier molecular flexibility index (Phi) is 9.13. The maximum Gasteiger partial charge on any atom is 0.337 e. The fourth-order valence-electron chi connectivity index (χ4n) is 3.24. The van der Waals surface area contributed by atoms with Crippen LogP contribution in [0.2, 0.25) is 5.02 Å². The molecule has 0 aliphatic heterocycles. The molecule has 0 saturated heterocycles. The number of aromatic carboxylic acids is 1. The number of anilines is 1. The fourth-order valence-corrected chi connectivity index (χ4v) is 4.24. The van der Waals surface area contributed by atoms with Crippen LogP contribution >= 0.6 is 22.9 Å². The van der Waals surface area contributed by atoms with Gasteiger partial charge in [-0.25, -0.2) is 4.79 Å². The van der Waals surface area contributed by atoms with Gasteiger partial charge < -0.3 is 15.2 Å². The van der Waals surface area contributed by atoms with Crippen molar-refractivity contribution < 1.29 is 19.4 Å². The lowest BCUT2D eigenvalue weighted by atomic mass is 10.1. The molecule has 0 radical (unpaired) electrons. The van der Waals surface area contributed by atoms with Crippen LogP contribution < -0.4 is 10.1 Å². The summed E-state index contributed by atoms with van der Waals surface area (Å²) in [7, 11) is 0. The van der Waals surface area contributed by atoms with Crippen molar-refractivity contribution in [3.8, 4) is 5.75 Å². The second-order valence-electron chi connectivity index (χ2n) is 7.40. The largest absolute Gasteiger partial charge is 0.494 e. The van der Waals surface area contributed by atoms with E-state index >= 15 is 0 Å². The van der Waals surface area contributed by atoms with Crippen molar-refractivity contribution in [3.05, 3.63) is 81.0 Å². The van der Waals surface area contributed by atoms with Gasteiger partial charge in [-0.15, -0.1) is 11.3 Å². The SMILES string of the molecule is O=C(CCc1ccc(OCCCCCc2cccs2)cc1)Nc1cccc(C(=O)O)c1Cl. The summed E-state index contributed by atoms with van der Waals surface area (Å²) >= 11 is 7.88. The first kappa shape index (κ1) is 23.8. The number of nitrogens with one attached hydrogen (secondary N) is 1. The highest BCUT2D eigenvalue weighted by Crippen LogP contribution is 2.26. The molecule has 0 fully saturated rings. The number of carbonyl (C=O) groups excluding carboxylic acids is 1. The monoisotopic (exact) mass is 471 g/mol. The summed E-state index contributed by atoms with van der Waals surface area (Å²) in [5.41, 5.74) is 1.28. The zero-order valence-electron chi connectivity index (χ0n) is 17.7. The Morgan fingerprint density at radius 3 is 2.50 bits per heavy atom. The molecular weight excluding hydrogens is 446 g/mol. The molecule has 0 saturated carbocycles. The van der Waals surface area contributed by atoms with Gasteiger partial charge in [-0.2, -0.15) is 0 Å². The zero-order chi connectivity index (χ0) is 22.8. The minimum atomic E-state index is -1.13. The Labute approximate surface area is 197 Å². The number of carboxylic acids is 1. The van der Waals surface area contributed by atoms with Crippen LogP contribution in [0.4, 0.5) is 5.69 Å². The van der Waals surface area contributed by atoms with Crippen molar-refractivity contribution in [2.45, 2.75) is 38.5 Å². The van der Waals surface area contributed by atoms with E-state index in [1.807, 2.05) is 35.6 Å². The van der Waals surface area contributed by atoms with E-state index in [-0.39, 0.29) is 22.9 Å². The first-order valence-corrected chi connectivity index (χ1v) is 11.8. The molecule has 0 bridgehead atoms. The number of carboxylic acid groups (broad SMARTS) is 1. The van der Waals surface area contributed by atoms with Crippen molar-refractivity contribution in [2.75, 3.05) is 11.9 Å². The molecule has 2 N–H and O–H groups in total. The molecule has 3 aromatic rings. The second-order valence-corrected chi connectivity index (χ2v) is 8.81. The Hall–Kier alpha value is -2.83. The molecule has 0 aliphatic carbocycles. The third-order valence-electron chi connectivity index (χ3n) is 4.98.